The first-order chi connectivity index (χ1) is 10.9. The maximum Gasteiger partial charge on any atom is 0.262 e. The Bertz CT molecular complexity index is 1010. The van der Waals surface area contributed by atoms with Gasteiger partial charge in [0.05, 0.1) is 15.6 Å². The molecule has 3 aromatic carbocycles. The van der Waals surface area contributed by atoms with Gasteiger partial charge in [-0.25, -0.2) is 8.42 Å². The van der Waals surface area contributed by atoms with Crippen LogP contribution in [0.25, 0.3) is 10.8 Å². The van der Waals surface area contributed by atoms with Gasteiger partial charge in [-0.3, -0.25) is 4.72 Å². The second-order valence-corrected chi connectivity index (χ2v) is 8.17. The molecule has 1 N–H and O–H groups in total. The van der Waals surface area contributed by atoms with Gasteiger partial charge in [0.1, 0.15) is 0 Å². The molecule has 0 aliphatic rings. The fourth-order valence-corrected chi connectivity index (χ4v) is 4.40. The molecule has 3 rings (SSSR count). The Morgan fingerprint density at radius 2 is 1.61 bits per heavy atom. The highest BCUT2D eigenvalue weighted by molar-refractivity contribution is 9.10. The van der Waals surface area contributed by atoms with Gasteiger partial charge in [0.2, 0.25) is 0 Å². The number of nitrogens with one attached hydrogen (secondary N) is 1. The maximum absolute atomic E-state index is 12.8. The lowest BCUT2D eigenvalue weighted by Gasteiger charge is -2.12. The van der Waals surface area contributed by atoms with Crippen molar-refractivity contribution in [3.05, 3.63) is 69.1 Å². The minimum Gasteiger partial charge on any atom is -0.278 e. The van der Waals surface area contributed by atoms with E-state index in [0.29, 0.717) is 10.4 Å². The Hall–Kier alpha value is -1.27. The highest BCUT2D eigenvalue weighted by Gasteiger charge is 2.19. The first-order valence-corrected chi connectivity index (χ1v) is 9.57. The van der Waals surface area contributed by atoms with E-state index in [4.69, 9.17) is 23.2 Å². The topological polar surface area (TPSA) is 46.2 Å². The van der Waals surface area contributed by atoms with Crippen molar-refractivity contribution in [2.24, 2.45) is 0 Å². The van der Waals surface area contributed by atoms with Crippen molar-refractivity contribution < 1.29 is 8.42 Å². The van der Waals surface area contributed by atoms with Crippen LogP contribution < -0.4 is 4.72 Å². The van der Waals surface area contributed by atoms with E-state index in [-0.39, 0.29) is 15.6 Å². The van der Waals surface area contributed by atoms with Gasteiger partial charge in [-0.2, -0.15) is 0 Å². The minimum atomic E-state index is -3.81. The van der Waals surface area contributed by atoms with Crippen LogP contribution in [0.1, 0.15) is 0 Å². The summed E-state index contributed by atoms with van der Waals surface area (Å²) in [7, 11) is -3.81. The molecule has 0 atom stereocenters. The zero-order valence-electron chi connectivity index (χ0n) is 11.6. The minimum absolute atomic E-state index is 0.173. The second kappa shape index (κ2) is 6.32. The normalized spacial score (nSPS) is 11.6. The summed E-state index contributed by atoms with van der Waals surface area (Å²) in [5.74, 6) is 0. The molecule has 0 amide bonds. The number of benzene rings is 3. The van der Waals surface area contributed by atoms with Crippen LogP contribution in [-0.4, -0.2) is 8.42 Å². The van der Waals surface area contributed by atoms with Crippen molar-refractivity contribution in [3.8, 4) is 0 Å². The van der Waals surface area contributed by atoms with E-state index in [1.807, 2.05) is 12.1 Å². The fourth-order valence-electron chi connectivity index (χ4n) is 2.24. The van der Waals surface area contributed by atoms with Gasteiger partial charge in [0, 0.05) is 14.9 Å². The number of sulfonamides is 1. The van der Waals surface area contributed by atoms with E-state index in [9.17, 15) is 8.42 Å². The molecule has 118 valence electrons. The van der Waals surface area contributed by atoms with E-state index in [2.05, 4.69) is 20.7 Å². The lowest BCUT2D eigenvalue weighted by atomic mass is 10.1. The summed E-state index contributed by atoms with van der Waals surface area (Å²) >= 11 is 15.4. The van der Waals surface area contributed by atoms with Crippen molar-refractivity contribution in [1.82, 2.24) is 0 Å². The molecule has 0 aromatic heterocycles. The van der Waals surface area contributed by atoms with E-state index in [1.165, 1.54) is 6.07 Å². The van der Waals surface area contributed by atoms with Gasteiger partial charge >= 0.3 is 0 Å². The molecule has 0 saturated heterocycles. The first kappa shape index (κ1) is 16.6. The second-order valence-electron chi connectivity index (χ2n) is 4.82. The lowest BCUT2D eigenvalue weighted by Crippen LogP contribution is -2.13. The third kappa shape index (κ3) is 3.33. The average Bonchev–Trinajstić information content (AvgIpc) is 2.51. The third-order valence-electron chi connectivity index (χ3n) is 3.29. The number of fused-ring (bicyclic) bond motifs is 1. The number of anilines is 1. The molecule has 0 aliphatic carbocycles. The summed E-state index contributed by atoms with van der Waals surface area (Å²) in [6.45, 7) is 0. The largest absolute Gasteiger partial charge is 0.278 e. The van der Waals surface area contributed by atoms with E-state index in [0.717, 1.165) is 9.86 Å². The highest BCUT2D eigenvalue weighted by Crippen LogP contribution is 2.32. The van der Waals surface area contributed by atoms with Gasteiger partial charge in [-0.05, 0) is 35.7 Å². The predicted octanol–water partition coefficient (Wildman–Crippen LogP) is 5.71. The summed E-state index contributed by atoms with van der Waals surface area (Å²) in [4.78, 5) is 0.173. The fraction of sp³-hybridized carbons (Fsp3) is 0. The molecular formula is C16H10BrCl2NO2S. The van der Waals surface area contributed by atoms with Crippen molar-refractivity contribution >= 4 is 65.6 Å². The molecule has 0 fully saturated rings. The zero-order chi connectivity index (χ0) is 16.6. The molecule has 7 heteroatoms. The van der Waals surface area contributed by atoms with E-state index < -0.39 is 10.0 Å². The van der Waals surface area contributed by atoms with Crippen LogP contribution in [0.15, 0.2) is 64.0 Å². The molecule has 0 aliphatic heterocycles. The Kier molecular flexibility index (Phi) is 4.56. The molecule has 0 heterocycles. The quantitative estimate of drug-likeness (QED) is 0.578. The van der Waals surface area contributed by atoms with Crippen LogP contribution >= 0.6 is 39.1 Å². The molecule has 0 bridgehead atoms. The van der Waals surface area contributed by atoms with Crippen molar-refractivity contribution in [2.75, 3.05) is 4.72 Å². The van der Waals surface area contributed by atoms with Gasteiger partial charge in [0.15, 0.2) is 0 Å². The maximum atomic E-state index is 12.8. The molecule has 0 spiro atoms. The predicted molar refractivity (Wildman–Crippen MR) is 98.9 cm³/mol. The monoisotopic (exact) mass is 429 g/mol. The molecule has 3 nitrogen and oxygen atoms in total. The SMILES string of the molecule is O=S(=O)(Nc1cc(Cl)ccc1Cl)c1ccc(Br)c2ccccc12. The molecule has 3 aromatic rings. The van der Waals surface area contributed by atoms with Gasteiger partial charge in [0.25, 0.3) is 10.0 Å². The summed E-state index contributed by atoms with van der Waals surface area (Å²) in [6.07, 6.45) is 0. The van der Waals surface area contributed by atoms with Gasteiger partial charge in [-0.15, -0.1) is 0 Å². The molecule has 0 radical (unpaired) electrons. The van der Waals surface area contributed by atoms with Crippen LogP contribution in [0.4, 0.5) is 5.69 Å². The number of halogens is 3. The number of hydrogen-bond acceptors (Lipinski definition) is 2. The standard InChI is InChI=1S/C16H10BrCl2NO2S/c17-13-6-8-16(12-4-2-1-3-11(12)13)23(21,22)20-15-9-10(18)5-7-14(15)19/h1-9,20H. The van der Waals surface area contributed by atoms with Crippen LogP contribution in [0.5, 0.6) is 0 Å². The van der Waals surface area contributed by atoms with E-state index in [1.54, 1.807) is 36.4 Å². The van der Waals surface area contributed by atoms with Crippen molar-refractivity contribution in [3.63, 3.8) is 0 Å². The van der Waals surface area contributed by atoms with Crippen LogP contribution in [0.2, 0.25) is 10.0 Å². The van der Waals surface area contributed by atoms with Crippen LogP contribution in [0, 0.1) is 0 Å². The highest BCUT2D eigenvalue weighted by atomic mass is 79.9. The summed E-state index contributed by atoms with van der Waals surface area (Å²) in [6, 6.07) is 15.1. The average molecular weight is 431 g/mol. The zero-order valence-corrected chi connectivity index (χ0v) is 15.5. The summed E-state index contributed by atoms with van der Waals surface area (Å²) < 4.78 is 28.8. The molecular weight excluding hydrogens is 421 g/mol. The summed E-state index contributed by atoms with van der Waals surface area (Å²) in [5.41, 5.74) is 0.242. The first-order valence-electron chi connectivity index (χ1n) is 6.53. The number of hydrogen-bond donors (Lipinski definition) is 1. The molecule has 0 saturated carbocycles. The summed E-state index contributed by atoms with van der Waals surface area (Å²) in [5, 5.41) is 2.10. The Morgan fingerprint density at radius 3 is 2.35 bits per heavy atom. The smallest absolute Gasteiger partial charge is 0.262 e. The van der Waals surface area contributed by atoms with Crippen LogP contribution in [-0.2, 0) is 10.0 Å². The third-order valence-corrected chi connectivity index (χ3v) is 5.97. The Balaban J connectivity index is 2.14. The Labute approximate surface area is 152 Å². The van der Waals surface area contributed by atoms with Crippen molar-refractivity contribution in [1.29, 1.82) is 0 Å². The molecule has 0 unspecified atom stereocenters. The van der Waals surface area contributed by atoms with Crippen LogP contribution in [0.3, 0.4) is 0 Å². The van der Waals surface area contributed by atoms with Crippen molar-refractivity contribution in [2.45, 2.75) is 4.90 Å². The van der Waals surface area contributed by atoms with Gasteiger partial charge < -0.3 is 0 Å². The Morgan fingerprint density at radius 1 is 0.913 bits per heavy atom. The van der Waals surface area contributed by atoms with E-state index >= 15 is 0 Å². The molecule has 23 heavy (non-hydrogen) atoms. The lowest BCUT2D eigenvalue weighted by molar-refractivity contribution is 0.602. The number of rotatable bonds is 3. The van der Waals surface area contributed by atoms with Gasteiger partial charge in [-0.1, -0.05) is 63.4 Å².